The van der Waals surface area contributed by atoms with Crippen molar-refractivity contribution in [3.8, 4) is 0 Å². The highest BCUT2D eigenvalue weighted by molar-refractivity contribution is 5.90. The molecule has 0 bridgehead atoms. The second kappa shape index (κ2) is 9.06. The molecule has 0 spiro atoms. The predicted octanol–water partition coefficient (Wildman–Crippen LogP) is 2.65. The molecule has 180 valence electrons. The fourth-order valence-electron chi connectivity index (χ4n) is 5.25. The van der Waals surface area contributed by atoms with Crippen molar-refractivity contribution >= 4 is 23.4 Å². The first-order valence-corrected chi connectivity index (χ1v) is 11.6. The molecule has 1 aliphatic carbocycles. The van der Waals surface area contributed by atoms with E-state index in [0.717, 1.165) is 25.9 Å². The van der Waals surface area contributed by atoms with Crippen LogP contribution in [0.25, 0.3) is 0 Å². The fraction of sp³-hybridized carbons (Fsp3) is 0.652. The first-order valence-electron chi connectivity index (χ1n) is 11.6. The van der Waals surface area contributed by atoms with Crippen molar-refractivity contribution in [1.82, 2.24) is 5.32 Å². The molecule has 1 aromatic carbocycles. The molecule has 4 aliphatic rings. The Morgan fingerprint density at radius 3 is 2.55 bits per heavy atom. The number of hydrogen-bond acceptors (Lipinski definition) is 6. The van der Waals surface area contributed by atoms with Gasteiger partial charge in [0.25, 0.3) is 0 Å². The molecule has 0 radical (unpaired) electrons. The van der Waals surface area contributed by atoms with Gasteiger partial charge in [0.1, 0.15) is 11.8 Å². The fourth-order valence-corrected chi connectivity index (χ4v) is 5.25. The highest BCUT2D eigenvalue weighted by Crippen LogP contribution is 2.53. The van der Waals surface area contributed by atoms with Gasteiger partial charge in [-0.2, -0.15) is 0 Å². The zero-order valence-corrected chi connectivity index (χ0v) is 18.6. The number of carbonyl (C=O) groups excluding carboxylic acids is 2. The molecule has 2 unspecified atom stereocenters. The molecule has 5 atom stereocenters. The van der Waals surface area contributed by atoms with E-state index < -0.39 is 23.8 Å². The topological polar surface area (TPSA) is 80.3 Å². The van der Waals surface area contributed by atoms with Crippen LogP contribution < -0.4 is 15.1 Å². The van der Waals surface area contributed by atoms with Gasteiger partial charge in [-0.05, 0) is 37.0 Å². The van der Waals surface area contributed by atoms with E-state index in [1.54, 1.807) is 4.90 Å². The molecule has 10 heteroatoms. The Bertz CT molecular complexity index is 890. The number of nitrogens with zero attached hydrogens (tertiary/aromatic N) is 2. The number of benzene rings is 1. The quantitative estimate of drug-likeness (QED) is 0.667. The smallest absolute Gasteiger partial charge is 0.414 e. The van der Waals surface area contributed by atoms with E-state index in [0.29, 0.717) is 37.5 Å². The summed E-state index contributed by atoms with van der Waals surface area (Å²) in [5, 5.41) is 2.57. The van der Waals surface area contributed by atoms with Crippen LogP contribution in [0.1, 0.15) is 26.2 Å². The number of nitrogens with one attached hydrogen (secondary N) is 1. The number of anilines is 2. The van der Waals surface area contributed by atoms with E-state index in [-0.39, 0.29) is 36.7 Å². The Labute approximate surface area is 191 Å². The van der Waals surface area contributed by atoms with Gasteiger partial charge in [-0.15, -0.1) is 0 Å². The van der Waals surface area contributed by atoms with Gasteiger partial charge in [-0.3, -0.25) is 9.69 Å². The number of amides is 2. The third kappa shape index (κ3) is 4.63. The van der Waals surface area contributed by atoms with Crippen LogP contribution in [-0.4, -0.2) is 63.8 Å². The van der Waals surface area contributed by atoms with E-state index >= 15 is 0 Å². The summed E-state index contributed by atoms with van der Waals surface area (Å²) >= 11 is 0. The summed E-state index contributed by atoms with van der Waals surface area (Å²) in [5.41, 5.74) is 0.0517. The van der Waals surface area contributed by atoms with Gasteiger partial charge >= 0.3 is 6.09 Å². The van der Waals surface area contributed by atoms with Crippen LogP contribution in [0, 0.1) is 29.4 Å². The molecule has 33 heavy (non-hydrogen) atoms. The summed E-state index contributed by atoms with van der Waals surface area (Å²) in [6, 6.07) is 2.34. The van der Waals surface area contributed by atoms with E-state index in [1.165, 1.54) is 24.0 Å². The largest absolute Gasteiger partial charge is 0.442 e. The van der Waals surface area contributed by atoms with Gasteiger partial charge in [0.15, 0.2) is 17.9 Å². The predicted molar refractivity (Wildman–Crippen MR) is 115 cm³/mol. The molecule has 5 rings (SSSR count). The zero-order chi connectivity index (χ0) is 23.1. The van der Waals surface area contributed by atoms with Crippen LogP contribution in [0.5, 0.6) is 0 Å². The first kappa shape index (κ1) is 22.3. The van der Waals surface area contributed by atoms with Crippen molar-refractivity contribution in [1.29, 1.82) is 0 Å². The number of fused-ring (bicyclic) bond motifs is 1. The minimum absolute atomic E-state index is 0.0522. The molecule has 3 saturated heterocycles. The number of piperidine rings is 1. The number of carbonyl (C=O) groups is 2. The molecular formula is C23H29F2N3O5. The highest BCUT2D eigenvalue weighted by atomic mass is 19.1. The average molecular weight is 465 g/mol. The van der Waals surface area contributed by atoms with Crippen molar-refractivity contribution in [3.05, 3.63) is 23.8 Å². The summed E-state index contributed by atoms with van der Waals surface area (Å²) in [4.78, 5) is 26.2. The molecule has 1 saturated carbocycles. The van der Waals surface area contributed by atoms with E-state index in [1.807, 2.05) is 0 Å². The molecule has 8 nitrogen and oxygen atoms in total. The third-order valence-corrected chi connectivity index (χ3v) is 7.07. The van der Waals surface area contributed by atoms with Crippen LogP contribution in [0.2, 0.25) is 0 Å². The first-order chi connectivity index (χ1) is 15.9. The third-order valence-electron chi connectivity index (χ3n) is 7.07. The summed E-state index contributed by atoms with van der Waals surface area (Å²) in [6.45, 7) is 4.17. The Balaban J connectivity index is 1.17. The van der Waals surface area contributed by atoms with Crippen LogP contribution in [0.3, 0.4) is 0 Å². The number of halogens is 2. The molecule has 1 N–H and O–H groups in total. The lowest BCUT2D eigenvalue weighted by Crippen LogP contribution is -2.33. The lowest BCUT2D eigenvalue weighted by molar-refractivity contribution is -0.165. The van der Waals surface area contributed by atoms with Crippen molar-refractivity contribution in [2.24, 2.45) is 17.8 Å². The van der Waals surface area contributed by atoms with Gasteiger partial charge < -0.3 is 24.4 Å². The van der Waals surface area contributed by atoms with Gasteiger partial charge in [0.2, 0.25) is 5.91 Å². The van der Waals surface area contributed by atoms with Crippen molar-refractivity contribution < 1.29 is 32.6 Å². The normalized spacial score (nSPS) is 30.9. The Hall–Kier alpha value is -2.46. The van der Waals surface area contributed by atoms with Crippen LogP contribution in [0.15, 0.2) is 12.1 Å². The molecule has 1 aromatic rings. The van der Waals surface area contributed by atoms with Crippen molar-refractivity contribution in [2.45, 2.75) is 38.6 Å². The molecule has 2 amide bonds. The highest BCUT2D eigenvalue weighted by Gasteiger charge is 2.56. The molecule has 3 aliphatic heterocycles. The number of hydrogen-bond donors (Lipinski definition) is 1. The molecule has 0 aromatic heterocycles. The summed E-state index contributed by atoms with van der Waals surface area (Å²) in [6.07, 6.45) is 1.75. The Kier molecular flexibility index (Phi) is 6.13. The maximum atomic E-state index is 15.0. The van der Waals surface area contributed by atoms with Gasteiger partial charge in [-0.25, -0.2) is 13.6 Å². The van der Waals surface area contributed by atoms with Crippen LogP contribution in [0.4, 0.5) is 25.0 Å². The molecule has 3 heterocycles. The van der Waals surface area contributed by atoms with Crippen molar-refractivity contribution in [2.75, 3.05) is 49.2 Å². The Morgan fingerprint density at radius 1 is 1.18 bits per heavy atom. The van der Waals surface area contributed by atoms with Gasteiger partial charge in [-0.1, -0.05) is 0 Å². The Morgan fingerprint density at radius 2 is 1.91 bits per heavy atom. The minimum Gasteiger partial charge on any atom is -0.442 e. The lowest BCUT2D eigenvalue weighted by Gasteiger charge is -2.26. The minimum atomic E-state index is -0.701. The summed E-state index contributed by atoms with van der Waals surface area (Å²) < 4.78 is 46.6. The maximum Gasteiger partial charge on any atom is 0.414 e. The van der Waals surface area contributed by atoms with Gasteiger partial charge in [0.05, 0.1) is 25.4 Å². The monoisotopic (exact) mass is 465 g/mol. The number of rotatable bonds is 7. The number of cyclic esters (lactones) is 1. The number of ether oxygens (including phenoxy) is 3. The maximum absolute atomic E-state index is 15.0. The van der Waals surface area contributed by atoms with Gasteiger partial charge in [0, 0.05) is 38.8 Å². The van der Waals surface area contributed by atoms with E-state index in [9.17, 15) is 18.4 Å². The second-order valence-corrected chi connectivity index (χ2v) is 9.34. The van der Waals surface area contributed by atoms with Crippen molar-refractivity contribution in [3.63, 3.8) is 0 Å². The summed E-state index contributed by atoms with van der Waals surface area (Å²) in [5.74, 6) is -0.492. The molecule has 4 fully saturated rings. The molecular weight excluding hydrogens is 436 g/mol. The lowest BCUT2D eigenvalue weighted by atomic mass is 10.2. The standard InChI is InChI=1S/C23H29F2N3O5/c1-13(29)26-8-15-9-28(23(30)33-15)14-6-19(24)22(20(25)7-14)27-10-16-17(11-27)18(16)12-32-21-4-2-3-5-31-21/h6-7,15-18,21H,2-5,8-12H2,1H3,(H,26,29)/t15-,16-,17+,18?,21?/m0/s1. The van der Waals surface area contributed by atoms with Crippen LogP contribution >= 0.6 is 0 Å². The van der Waals surface area contributed by atoms with Crippen LogP contribution in [-0.2, 0) is 19.0 Å². The second-order valence-electron chi connectivity index (χ2n) is 9.34. The van der Waals surface area contributed by atoms with E-state index in [4.69, 9.17) is 14.2 Å². The average Bonchev–Trinajstić information content (AvgIpc) is 3.09. The van der Waals surface area contributed by atoms with E-state index in [2.05, 4.69) is 5.32 Å². The SMILES string of the molecule is CC(=O)NC[C@H]1CN(c2cc(F)c(N3C[C@@H]4C(COC5CCCCO5)[C@@H]4C3)c(F)c2)C(=O)O1. The zero-order valence-electron chi connectivity index (χ0n) is 18.6. The summed E-state index contributed by atoms with van der Waals surface area (Å²) in [7, 11) is 0.